The molecule has 26 heavy (non-hydrogen) atoms. The zero-order valence-electron chi connectivity index (χ0n) is 13.8. The minimum absolute atomic E-state index is 0. The van der Waals surface area contributed by atoms with Crippen LogP contribution in [0.15, 0.2) is 30.3 Å². The maximum Gasteiger partial charge on any atom is 1.00 e. The zero-order valence-corrected chi connectivity index (χ0v) is 15.8. The van der Waals surface area contributed by atoms with Crippen LogP contribution >= 0.6 is 0 Å². The number of rotatable bonds is 3. The average molecular weight is 370 g/mol. The predicted octanol–water partition coefficient (Wildman–Crippen LogP) is -2.07. The Bertz CT molecular complexity index is 838. The second-order valence-corrected chi connectivity index (χ2v) is 5.84. The molecule has 3 rings (SSSR count). The average Bonchev–Trinajstić information content (AvgIpc) is 2.52. The van der Waals surface area contributed by atoms with E-state index in [9.17, 15) is 30.3 Å². The molecule has 0 amide bonds. The maximum absolute atomic E-state index is 11.6. The van der Waals surface area contributed by atoms with Gasteiger partial charge >= 0.3 is 35.5 Å². The van der Waals surface area contributed by atoms with Crippen LogP contribution in [0.2, 0.25) is 0 Å². The van der Waals surface area contributed by atoms with Gasteiger partial charge in [-0.3, -0.25) is 4.79 Å². The molecule has 5 N–H and O–H groups in total. The molecule has 9 heteroatoms. The Morgan fingerprint density at radius 1 is 1.08 bits per heavy atom. The van der Waals surface area contributed by atoms with Crippen LogP contribution in [0.4, 0.5) is 0 Å². The van der Waals surface area contributed by atoms with Crippen molar-refractivity contribution < 1.29 is 69.7 Å². The van der Waals surface area contributed by atoms with E-state index >= 15 is 0 Å². The van der Waals surface area contributed by atoms with Gasteiger partial charge in [-0.15, -0.1) is 5.75 Å². The molecular formula is C17H15NaO8. The summed E-state index contributed by atoms with van der Waals surface area (Å²) in [4.78, 5) is 11.2. The Morgan fingerprint density at radius 3 is 2.38 bits per heavy atom. The molecule has 1 aliphatic rings. The molecule has 0 saturated heterocycles. The number of fused-ring (bicyclic) bond motifs is 1. The summed E-state index contributed by atoms with van der Waals surface area (Å²) in [5.74, 6) is -4.03. The van der Waals surface area contributed by atoms with E-state index in [-0.39, 0.29) is 52.2 Å². The number of aliphatic hydroxyl groups excluding tert-OH is 1. The number of carboxylic acid groups (broad SMARTS) is 1. The molecule has 2 aromatic carbocycles. The molecule has 1 aliphatic heterocycles. The van der Waals surface area contributed by atoms with Gasteiger partial charge in [-0.25, -0.2) is 0 Å². The standard InChI is InChI=1S/C17H16O8.Na/c18-8-4-12(21)15-9(6-14(22)23)16(24)17(25-13(15)5-8)7-1-2-10(19)11(20)3-7;/h1-5,9,16-21,24H,6H2,(H,22,23);/q;+1/p-1/t9-,16+,17+;/m0./s1. The van der Waals surface area contributed by atoms with Crippen LogP contribution in [0.25, 0.3) is 0 Å². The summed E-state index contributed by atoms with van der Waals surface area (Å²) in [6.07, 6.45) is -2.95. The number of phenols is 3. The van der Waals surface area contributed by atoms with E-state index in [2.05, 4.69) is 0 Å². The number of carboxylic acids is 1. The number of carbonyl (C=O) groups is 1. The largest absolute Gasteiger partial charge is 1.00 e. The number of hydrogen-bond donors (Lipinski definition) is 5. The molecule has 0 unspecified atom stereocenters. The van der Waals surface area contributed by atoms with Crippen molar-refractivity contribution in [1.82, 2.24) is 0 Å². The minimum Gasteiger partial charge on any atom is -0.872 e. The van der Waals surface area contributed by atoms with Gasteiger partial charge in [-0.05, 0) is 29.8 Å². The first-order valence-electron chi connectivity index (χ1n) is 7.40. The van der Waals surface area contributed by atoms with Gasteiger partial charge in [0.2, 0.25) is 0 Å². The van der Waals surface area contributed by atoms with Gasteiger partial charge in [0, 0.05) is 11.5 Å². The summed E-state index contributed by atoms with van der Waals surface area (Å²) in [6, 6.07) is 5.79. The van der Waals surface area contributed by atoms with Crippen LogP contribution in [0.1, 0.15) is 29.6 Å². The molecule has 0 bridgehead atoms. The number of phenolic OH excluding ortho intramolecular Hbond substituents is 3. The smallest absolute Gasteiger partial charge is 0.872 e. The van der Waals surface area contributed by atoms with Crippen LogP contribution in [0.5, 0.6) is 28.7 Å². The van der Waals surface area contributed by atoms with Crippen molar-refractivity contribution in [1.29, 1.82) is 0 Å². The Morgan fingerprint density at radius 2 is 1.77 bits per heavy atom. The minimum atomic E-state index is -1.36. The van der Waals surface area contributed by atoms with Crippen LogP contribution in [-0.4, -0.2) is 37.6 Å². The predicted molar refractivity (Wildman–Crippen MR) is 81.7 cm³/mol. The number of ether oxygens (including phenoxy) is 1. The van der Waals surface area contributed by atoms with Gasteiger partial charge in [-0.2, -0.15) is 0 Å². The Hall–Kier alpha value is -2.13. The summed E-state index contributed by atoms with van der Waals surface area (Å²) in [5.41, 5.74) is 0.327. The molecule has 3 atom stereocenters. The van der Waals surface area contributed by atoms with Crippen molar-refractivity contribution >= 4 is 5.97 Å². The number of hydrogen-bond acceptors (Lipinski definition) is 7. The molecule has 0 fully saturated rings. The summed E-state index contributed by atoms with van der Waals surface area (Å²) in [6.45, 7) is 0. The van der Waals surface area contributed by atoms with Gasteiger partial charge in [0.15, 0.2) is 17.6 Å². The van der Waals surface area contributed by atoms with Crippen LogP contribution in [-0.2, 0) is 4.79 Å². The molecule has 0 spiro atoms. The fourth-order valence-corrected chi connectivity index (χ4v) is 3.04. The Kier molecular flexibility index (Phi) is 5.92. The number of benzene rings is 2. The molecule has 1 heterocycles. The second-order valence-electron chi connectivity index (χ2n) is 5.84. The number of aromatic hydroxyl groups is 3. The third-order valence-corrected chi connectivity index (χ3v) is 4.16. The Balaban J connectivity index is 0.00000243. The fraction of sp³-hybridized carbons (Fsp3) is 0.235. The number of aliphatic hydroxyl groups is 1. The molecule has 0 aromatic heterocycles. The maximum atomic E-state index is 11.6. The van der Waals surface area contributed by atoms with Crippen molar-refractivity contribution in [2.45, 2.75) is 24.5 Å². The van der Waals surface area contributed by atoms with Gasteiger partial charge in [0.25, 0.3) is 0 Å². The van der Waals surface area contributed by atoms with E-state index in [0.717, 1.165) is 12.1 Å². The zero-order chi connectivity index (χ0) is 18.3. The van der Waals surface area contributed by atoms with Crippen LogP contribution < -0.4 is 39.4 Å². The first kappa shape index (κ1) is 20.2. The van der Waals surface area contributed by atoms with Crippen LogP contribution in [0, 0.1) is 0 Å². The SMILES string of the molecule is O=C(O)C[C@H]1c2c(O)cc([O-])cc2O[C@H](c2ccc(O)c(O)c2)[C@@H]1O.[Na+]. The summed E-state index contributed by atoms with van der Waals surface area (Å²) in [5, 5.41) is 60.4. The second kappa shape index (κ2) is 7.63. The van der Waals surface area contributed by atoms with Crippen LogP contribution in [0.3, 0.4) is 0 Å². The molecule has 0 saturated carbocycles. The van der Waals surface area contributed by atoms with E-state index in [1.807, 2.05) is 0 Å². The van der Waals surface area contributed by atoms with E-state index in [1.54, 1.807) is 0 Å². The van der Waals surface area contributed by atoms with Crippen molar-refractivity contribution in [2.75, 3.05) is 0 Å². The van der Waals surface area contributed by atoms with Crippen molar-refractivity contribution in [3.8, 4) is 28.7 Å². The number of aliphatic carboxylic acids is 1. The third-order valence-electron chi connectivity index (χ3n) is 4.16. The van der Waals surface area contributed by atoms with Gasteiger partial charge in [0.05, 0.1) is 6.42 Å². The molecule has 0 aliphatic carbocycles. The quantitative estimate of drug-likeness (QED) is 0.306. The van der Waals surface area contributed by atoms with E-state index in [0.29, 0.717) is 0 Å². The first-order chi connectivity index (χ1) is 11.8. The van der Waals surface area contributed by atoms with E-state index < -0.39 is 47.8 Å². The normalized spacial score (nSPS) is 21.2. The molecule has 0 radical (unpaired) electrons. The topological polar surface area (TPSA) is 151 Å². The van der Waals surface area contributed by atoms with E-state index in [1.165, 1.54) is 18.2 Å². The van der Waals surface area contributed by atoms with E-state index in [4.69, 9.17) is 9.84 Å². The summed E-state index contributed by atoms with van der Waals surface area (Å²) >= 11 is 0. The summed E-state index contributed by atoms with van der Waals surface area (Å²) < 4.78 is 5.60. The molecule has 2 aromatic rings. The summed E-state index contributed by atoms with van der Waals surface area (Å²) in [7, 11) is 0. The molecular weight excluding hydrogens is 355 g/mol. The monoisotopic (exact) mass is 370 g/mol. The van der Waals surface area contributed by atoms with Crippen molar-refractivity contribution in [3.63, 3.8) is 0 Å². The first-order valence-corrected chi connectivity index (χ1v) is 7.40. The molecule has 132 valence electrons. The van der Waals surface area contributed by atoms with Gasteiger partial charge in [-0.1, -0.05) is 6.07 Å². The van der Waals surface area contributed by atoms with Gasteiger partial charge in [0.1, 0.15) is 17.6 Å². The third kappa shape index (κ3) is 3.68. The molecule has 8 nitrogen and oxygen atoms in total. The fourth-order valence-electron chi connectivity index (χ4n) is 3.04. The van der Waals surface area contributed by atoms with Gasteiger partial charge < -0.3 is 35.4 Å². The van der Waals surface area contributed by atoms with Crippen molar-refractivity contribution in [2.24, 2.45) is 0 Å². The Labute approximate surface area is 170 Å². The van der Waals surface area contributed by atoms with Crippen molar-refractivity contribution in [3.05, 3.63) is 41.5 Å².